The number of para-hydroxylation sites is 1. The van der Waals surface area contributed by atoms with Gasteiger partial charge in [0.05, 0.1) is 13.2 Å². The fraction of sp³-hybridized carbons (Fsp3) is 0.650. The molecule has 2 aliphatic heterocycles. The SMILES string of the molecule is CN(CC(=O)N(C)C1CCN(CC2CCOC2)CC1)c1ccccc1. The number of ether oxygens (including phenoxy) is 1. The number of carbonyl (C=O) groups is 1. The molecule has 5 heteroatoms. The van der Waals surface area contributed by atoms with Gasteiger partial charge in [-0.3, -0.25) is 4.79 Å². The standard InChI is InChI=1S/C20H31N3O2/c1-21(18-6-4-3-5-7-18)15-20(24)22(2)19-8-11-23(12-9-19)14-17-10-13-25-16-17/h3-7,17,19H,8-16H2,1-2H3. The maximum atomic E-state index is 12.6. The molecule has 0 aromatic heterocycles. The van der Waals surface area contributed by atoms with Crippen molar-refractivity contribution >= 4 is 11.6 Å². The van der Waals surface area contributed by atoms with E-state index in [1.54, 1.807) is 0 Å². The highest BCUT2D eigenvalue weighted by molar-refractivity contribution is 5.81. The molecule has 1 aromatic carbocycles. The van der Waals surface area contributed by atoms with Crippen LogP contribution in [-0.2, 0) is 9.53 Å². The van der Waals surface area contributed by atoms with Crippen LogP contribution < -0.4 is 4.90 Å². The van der Waals surface area contributed by atoms with Crippen molar-refractivity contribution < 1.29 is 9.53 Å². The third-order valence-electron chi connectivity index (χ3n) is 5.61. The van der Waals surface area contributed by atoms with E-state index in [1.807, 2.05) is 54.2 Å². The second-order valence-corrected chi connectivity index (χ2v) is 7.46. The lowest BCUT2D eigenvalue weighted by molar-refractivity contribution is -0.131. The molecule has 0 spiro atoms. The number of benzene rings is 1. The molecule has 2 heterocycles. The molecule has 0 N–H and O–H groups in total. The van der Waals surface area contributed by atoms with Gasteiger partial charge in [0.15, 0.2) is 0 Å². The molecule has 0 bridgehead atoms. The predicted molar refractivity (Wildman–Crippen MR) is 101 cm³/mol. The minimum Gasteiger partial charge on any atom is -0.381 e. The zero-order chi connectivity index (χ0) is 17.6. The number of rotatable bonds is 6. The Morgan fingerprint density at radius 1 is 1.16 bits per heavy atom. The number of hydrogen-bond donors (Lipinski definition) is 0. The molecule has 5 nitrogen and oxygen atoms in total. The quantitative estimate of drug-likeness (QED) is 0.791. The maximum absolute atomic E-state index is 12.6. The third-order valence-corrected chi connectivity index (χ3v) is 5.61. The van der Waals surface area contributed by atoms with Crippen molar-refractivity contribution in [3.63, 3.8) is 0 Å². The van der Waals surface area contributed by atoms with Gasteiger partial charge in [-0.05, 0) is 37.3 Å². The Morgan fingerprint density at radius 2 is 1.88 bits per heavy atom. The van der Waals surface area contributed by atoms with Crippen LogP contribution in [0.1, 0.15) is 19.3 Å². The molecule has 1 unspecified atom stereocenters. The van der Waals surface area contributed by atoms with Gasteiger partial charge in [-0.2, -0.15) is 0 Å². The van der Waals surface area contributed by atoms with Gasteiger partial charge in [0.25, 0.3) is 0 Å². The Balaban J connectivity index is 1.43. The Morgan fingerprint density at radius 3 is 2.52 bits per heavy atom. The smallest absolute Gasteiger partial charge is 0.242 e. The van der Waals surface area contributed by atoms with Gasteiger partial charge >= 0.3 is 0 Å². The monoisotopic (exact) mass is 345 g/mol. The van der Waals surface area contributed by atoms with E-state index in [1.165, 1.54) is 6.42 Å². The molecule has 2 saturated heterocycles. The summed E-state index contributed by atoms with van der Waals surface area (Å²) in [6.07, 6.45) is 3.35. The zero-order valence-corrected chi connectivity index (χ0v) is 15.6. The lowest BCUT2D eigenvalue weighted by Crippen LogP contribution is -2.48. The first-order valence-electron chi connectivity index (χ1n) is 9.45. The van der Waals surface area contributed by atoms with Crippen LogP contribution in [0.3, 0.4) is 0 Å². The summed E-state index contributed by atoms with van der Waals surface area (Å²) in [4.78, 5) is 19.2. The molecule has 1 amide bonds. The van der Waals surface area contributed by atoms with Gasteiger partial charge in [-0.25, -0.2) is 0 Å². The molecule has 2 fully saturated rings. The molecular weight excluding hydrogens is 314 g/mol. The van der Waals surface area contributed by atoms with E-state index >= 15 is 0 Å². The van der Waals surface area contributed by atoms with E-state index in [9.17, 15) is 4.79 Å². The summed E-state index contributed by atoms with van der Waals surface area (Å²) >= 11 is 0. The van der Waals surface area contributed by atoms with E-state index in [4.69, 9.17) is 4.74 Å². The first-order valence-corrected chi connectivity index (χ1v) is 9.45. The molecule has 138 valence electrons. The van der Waals surface area contributed by atoms with E-state index in [0.717, 1.165) is 51.4 Å². The second kappa shape index (κ2) is 8.68. The van der Waals surface area contributed by atoms with Crippen molar-refractivity contribution in [2.24, 2.45) is 5.92 Å². The summed E-state index contributed by atoms with van der Waals surface area (Å²) in [6.45, 7) is 5.61. The number of nitrogens with zero attached hydrogens (tertiary/aromatic N) is 3. The van der Waals surface area contributed by atoms with E-state index in [0.29, 0.717) is 18.5 Å². The Labute approximate surface area is 151 Å². The fourth-order valence-electron chi connectivity index (χ4n) is 3.87. The number of likely N-dealkylation sites (tertiary alicyclic amines) is 1. The van der Waals surface area contributed by atoms with Crippen LogP contribution in [0.25, 0.3) is 0 Å². The zero-order valence-electron chi connectivity index (χ0n) is 15.6. The Hall–Kier alpha value is -1.59. The van der Waals surface area contributed by atoms with E-state index < -0.39 is 0 Å². The number of anilines is 1. The summed E-state index contributed by atoms with van der Waals surface area (Å²) in [6, 6.07) is 10.5. The average Bonchev–Trinajstić information content (AvgIpc) is 3.15. The molecule has 2 aliphatic rings. The molecule has 3 rings (SSSR count). The summed E-state index contributed by atoms with van der Waals surface area (Å²) in [5.41, 5.74) is 1.08. The van der Waals surface area contributed by atoms with E-state index in [-0.39, 0.29) is 5.91 Å². The normalized spacial score (nSPS) is 22.1. The first kappa shape index (κ1) is 18.2. The Bertz CT molecular complexity index is 537. The summed E-state index contributed by atoms with van der Waals surface area (Å²) in [5.74, 6) is 0.907. The molecule has 1 atom stereocenters. The second-order valence-electron chi connectivity index (χ2n) is 7.46. The third kappa shape index (κ3) is 4.95. The van der Waals surface area contributed by atoms with Crippen LogP contribution in [0, 0.1) is 5.92 Å². The number of carbonyl (C=O) groups excluding carboxylic acids is 1. The molecule has 0 saturated carbocycles. The van der Waals surface area contributed by atoms with Crippen molar-refractivity contribution in [1.82, 2.24) is 9.80 Å². The predicted octanol–water partition coefficient (Wildman–Crippen LogP) is 2.08. The summed E-state index contributed by atoms with van der Waals surface area (Å²) in [5, 5.41) is 0. The van der Waals surface area contributed by atoms with Crippen LogP contribution >= 0.6 is 0 Å². The fourth-order valence-corrected chi connectivity index (χ4v) is 3.87. The van der Waals surface area contributed by atoms with Crippen LogP contribution in [0.5, 0.6) is 0 Å². The van der Waals surface area contributed by atoms with Gasteiger partial charge in [0.1, 0.15) is 0 Å². The van der Waals surface area contributed by atoms with Crippen LogP contribution in [0.4, 0.5) is 5.69 Å². The van der Waals surface area contributed by atoms with Gasteiger partial charge in [0.2, 0.25) is 5.91 Å². The van der Waals surface area contributed by atoms with Crippen LogP contribution in [-0.4, -0.2) is 75.2 Å². The number of likely N-dealkylation sites (N-methyl/N-ethyl adjacent to an activating group) is 2. The van der Waals surface area contributed by atoms with Crippen LogP contribution in [0.15, 0.2) is 30.3 Å². The minimum atomic E-state index is 0.203. The van der Waals surface area contributed by atoms with Crippen molar-refractivity contribution in [1.29, 1.82) is 0 Å². The van der Waals surface area contributed by atoms with Gasteiger partial charge in [-0.15, -0.1) is 0 Å². The Kier molecular flexibility index (Phi) is 6.32. The van der Waals surface area contributed by atoms with Crippen molar-refractivity contribution in [3.05, 3.63) is 30.3 Å². The molecular formula is C20H31N3O2. The van der Waals surface area contributed by atoms with Gasteiger partial charge < -0.3 is 19.4 Å². The summed E-state index contributed by atoms with van der Waals surface area (Å²) in [7, 11) is 3.94. The highest BCUT2D eigenvalue weighted by Crippen LogP contribution is 2.20. The lowest BCUT2D eigenvalue weighted by Gasteiger charge is -2.38. The van der Waals surface area contributed by atoms with Crippen LogP contribution in [0.2, 0.25) is 0 Å². The molecule has 1 aromatic rings. The topological polar surface area (TPSA) is 36.0 Å². The summed E-state index contributed by atoms with van der Waals surface area (Å²) < 4.78 is 5.48. The number of amides is 1. The number of piperidine rings is 1. The van der Waals surface area contributed by atoms with Gasteiger partial charge in [-0.1, -0.05) is 18.2 Å². The highest BCUT2D eigenvalue weighted by atomic mass is 16.5. The molecule has 0 aliphatic carbocycles. The van der Waals surface area contributed by atoms with E-state index in [2.05, 4.69) is 4.90 Å². The largest absolute Gasteiger partial charge is 0.381 e. The van der Waals surface area contributed by atoms with Crippen molar-refractivity contribution in [3.8, 4) is 0 Å². The molecule has 25 heavy (non-hydrogen) atoms. The lowest BCUT2D eigenvalue weighted by atomic mass is 10.0. The van der Waals surface area contributed by atoms with Gasteiger partial charge in [0, 0.05) is 52.1 Å². The first-order chi connectivity index (χ1) is 12.1. The highest BCUT2D eigenvalue weighted by Gasteiger charge is 2.27. The molecule has 0 radical (unpaired) electrons. The van der Waals surface area contributed by atoms with Crippen molar-refractivity contribution in [2.45, 2.75) is 25.3 Å². The minimum absolute atomic E-state index is 0.203. The number of hydrogen-bond acceptors (Lipinski definition) is 4. The van der Waals surface area contributed by atoms with Crippen molar-refractivity contribution in [2.75, 3.05) is 58.4 Å². The maximum Gasteiger partial charge on any atom is 0.242 e. The average molecular weight is 345 g/mol.